The first-order chi connectivity index (χ1) is 5.95. The fourth-order valence-electron chi connectivity index (χ4n) is 1.74. The smallest absolute Gasteiger partial charge is 0.148 e. The Morgan fingerprint density at radius 2 is 2.25 bits per heavy atom. The Balaban J connectivity index is 1.86. The first kappa shape index (κ1) is 7.71. The molecule has 0 spiro atoms. The van der Waals surface area contributed by atoms with Crippen LogP contribution in [0, 0.1) is 12.3 Å². The Kier molecular flexibility index (Phi) is 2.34. The highest BCUT2D eigenvalue weighted by Crippen LogP contribution is 2.24. The molecule has 1 heterocycles. The predicted octanol–water partition coefficient (Wildman–Crippen LogP) is 1.14. The molecule has 1 aliphatic rings. The number of nitrogens with zero attached hydrogens (tertiary/aromatic N) is 3. The summed E-state index contributed by atoms with van der Waals surface area (Å²) in [6.07, 6.45) is 8.48. The van der Waals surface area contributed by atoms with Crippen LogP contribution in [0.3, 0.4) is 0 Å². The van der Waals surface area contributed by atoms with Crippen LogP contribution >= 0.6 is 0 Å². The molecule has 4 heteroatoms. The number of hydrogen-bond acceptors (Lipinski definition) is 3. The second-order valence-electron chi connectivity index (χ2n) is 3.36. The number of H-pyrrole nitrogens is 1. The molecule has 0 aromatic carbocycles. The Bertz CT molecular complexity index is 213. The Morgan fingerprint density at radius 3 is 2.92 bits per heavy atom. The van der Waals surface area contributed by atoms with Gasteiger partial charge in [0.15, 0.2) is 0 Å². The lowest BCUT2D eigenvalue weighted by Gasteiger charge is -2.19. The summed E-state index contributed by atoms with van der Waals surface area (Å²) >= 11 is 0. The van der Waals surface area contributed by atoms with Gasteiger partial charge in [-0.2, -0.15) is 0 Å². The number of rotatable bonds is 2. The van der Waals surface area contributed by atoms with E-state index in [9.17, 15) is 0 Å². The van der Waals surface area contributed by atoms with Gasteiger partial charge in [-0.05, 0) is 48.4 Å². The summed E-state index contributed by atoms with van der Waals surface area (Å²) in [4.78, 5) is 0. The Hall–Kier alpha value is -0.930. The molecule has 0 bridgehead atoms. The maximum absolute atomic E-state index is 3.88. The molecule has 1 aliphatic carbocycles. The normalized spacial score (nSPS) is 19.7. The largest absolute Gasteiger partial charge is 0.243 e. The van der Waals surface area contributed by atoms with Gasteiger partial charge in [-0.25, -0.2) is 5.10 Å². The van der Waals surface area contributed by atoms with E-state index in [1.54, 1.807) is 0 Å². The van der Waals surface area contributed by atoms with Gasteiger partial charge < -0.3 is 0 Å². The highest BCUT2D eigenvalue weighted by molar-refractivity contribution is 4.85. The van der Waals surface area contributed by atoms with Gasteiger partial charge in [0.2, 0.25) is 0 Å². The molecule has 0 saturated heterocycles. The van der Waals surface area contributed by atoms with Crippen LogP contribution in [0.2, 0.25) is 0 Å². The van der Waals surface area contributed by atoms with Gasteiger partial charge in [0, 0.05) is 6.42 Å². The lowest BCUT2D eigenvalue weighted by Crippen LogP contribution is -2.10. The van der Waals surface area contributed by atoms with Crippen LogP contribution in [0.1, 0.15) is 31.5 Å². The fraction of sp³-hybridized carbons (Fsp3) is 0.750. The van der Waals surface area contributed by atoms with Crippen molar-refractivity contribution in [2.45, 2.75) is 32.1 Å². The summed E-state index contributed by atoms with van der Waals surface area (Å²) in [5.41, 5.74) is 0. The first-order valence-corrected chi connectivity index (χ1v) is 4.49. The number of aromatic amines is 1. The summed E-state index contributed by atoms with van der Waals surface area (Å²) in [6, 6.07) is 0. The van der Waals surface area contributed by atoms with Crippen molar-refractivity contribution < 1.29 is 0 Å². The van der Waals surface area contributed by atoms with Gasteiger partial charge in [0.1, 0.15) is 5.82 Å². The third kappa shape index (κ3) is 1.81. The molecule has 0 atom stereocenters. The number of tetrazole rings is 1. The second-order valence-corrected chi connectivity index (χ2v) is 3.36. The molecular weight excluding hydrogens is 152 g/mol. The zero-order valence-corrected chi connectivity index (χ0v) is 7.03. The molecule has 2 rings (SSSR count). The van der Waals surface area contributed by atoms with Crippen molar-refractivity contribution >= 4 is 0 Å². The maximum atomic E-state index is 3.88. The van der Waals surface area contributed by atoms with Crippen LogP contribution < -0.4 is 0 Å². The lowest BCUT2D eigenvalue weighted by molar-refractivity contribution is 0.396. The van der Waals surface area contributed by atoms with Gasteiger partial charge in [0.05, 0.1) is 0 Å². The average molecular weight is 165 g/mol. The van der Waals surface area contributed by atoms with Crippen LogP contribution in [0.5, 0.6) is 0 Å². The van der Waals surface area contributed by atoms with E-state index < -0.39 is 0 Å². The van der Waals surface area contributed by atoms with Crippen molar-refractivity contribution in [2.75, 3.05) is 0 Å². The molecule has 1 fully saturated rings. The van der Waals surface area contributed by atoms with Gasteiger partial charge in [-0.3, -0.25) is 0 Å². The fourth-order valence-corrected chi connectivity index (χ4v) is 1.74. The monoisotopic (exact) mass is 165 g/mol. The molecule has 1 saturated carbocycles. The molecule has 1 aromatic heterocycles. The van der Waals surface area contributed by atoms with E-state index in [2.05, 4.69) is 27.0 Å². The van der Waals surface area contributed by atoms with Gasteiger partial charge in [-0.1, -0.05) is 0 Å². The quantitative estimate of drug-likeness (QED) is 0.714. The van der Waals surface area contributed by atoms with Crippen LogP contribution in [0.15, 0.2) is 0 Å². The number of nitrogens with one attached hydrogen (secondary N) is 1. The van der Waals surface area contributed by atoms with E-state index in [4.69, 9.17) is 0 Å². The van der Waals surface area contributed by atoms with Crippen molar-refractivity contribution in [3.05, 3.63) is 12.2 Å². The molecule has 1 N–H and O–H groups in total. The van der Waals surface area contributed by atoms with Crippen molar-refractivity contribution in [3.8, 4) is 0 Å². The van der Waals surface area contributed by atoms with Crippen LogP contribution in [-0.4, -0.2) is 20.6 Å². The molecule has 4 nitrogen and oxygen atoms in total. The zero-order valence-electron chi connectivity index (χ0n) is 7.03. The third-order valence-electron chi connectivity index (χ3n) is 2.43. The molecule has 0 aliphatic heterocycles. The summed E-state index contributed by atoms with van der Waals surface area (Å²) in [7, 11) is 0. The van der Waals surface area contributed by atoms with Gasteiger partial charge >= 0.3 is 0 Å². The first-order valence-electron chi connectivity index (χ1n) is 4.49. The summed E-state index contributed by atoms with van der Waals surface area (Å²) < 4.78 is 0. The minimum Gasteiger partial charge on any atom is -0.243 e. The van der Waals surface area contributed by atoms with Gasteiger partial charge in [0.25, 0.3) is 0 Å². The van der Waals surface area contributed by atoms with Crippen LogP contribution in [0.25, 0.3) is 0 Å². The van der Waals surface area contributed by atoms with Crippen molar-refractivity contribution in [3.63, 3.8) is 0 Å². The molecule has 0 amide bonds. The van der Waals surface area contributed by atoms with E-state index in [1.807, 2.05) is 0 Å². The van der Waals surface area contributed by atoms with E-state index in [0.29, 0.717) is 0 Å². The van der Waals surface area contributed by atoms with Gasteiger partial charge in [-0.15, -0.1) is 5.10 Å². The third-order valence-corrected chi connectivity index (χ3v) is 2.43. The molecule has 0 unspecified atom stereocenters. The van der Waals surface area contributed by atoms with Crippen molar-refractivity contribution in [1.82, 2.24) is 20.6 Å². The average Bonchev–Trinajstić information content (AvgIpc) is 2.59. The highest BCUT2D eigenvalue weighted by Gasteiger charge is 2.15. The van der Waals surface area contributed by atoms with E-state index >= 15 is 0 Å². The van der Waals surface area contributed by atoms with E-state index in [0.717, 1.165) is 18.2 Å². The standard InChI is InChI=1S/C8H13N4/c1-2-4-7(5-3-1)6-8-9-11-12-10-8/h1,7H,2-6H2,(H,9,10,11,12). The minimum absolute atomic E-state index is 0.782. The van der Waals surface area contributed by atoms with Crippen LogP contribution in [-0.2, 0) is 6.42 Å². The highest BCUT2D eigenvalue weighted by atomic mass is 15.5. The SMILES string of the molecule is [CH]1CCC(Cc2nnn[nH]2)CC1. The molecule has 65 valence electrons. The van der Waals surface area contributed by atoms with Crippen molar-refractivity contribution in [1.29, 1.82) is 0 Å². The second kappa shape index (κ2) is 3.65. The van der Waals surface area contributed by atoms with Crippen molar-refractivity contribution in [2.24, 2.45) is 5.92 Å². The summed E-state index contributed by atoms with van der Waals surface area (Å²) in [5, 5.41) is 13.8. The lowest BCUT2D eigenvalue weighted by atomic mass is 9.87. The Labute approximate surface area is 71.8 Å². The van der Waals surface area contributed by atoms with E-state index in [1.165, 1.54) is 25.7 Å². The van der Waals surface area contributed by atoms with Crippen LogP contribution in [0.4, 0.5) is 0 Å². The molecule has 12 heavy (non-hydrogen) atoms. The molecular formula is C8H13N4. The minimum atomic E-state index is 0.782. The Morgan fingerprint density at radius 1 is 1.42 bits per heavy atom. The number of aromatic nitrogens is 4. The predicted molar refractivity (Wildman–Crippen MR) is 44.1 cm³/mol. The van der Waals surface area contributed by atoms with E-state index in [-0.39, 0.29) is 0 Å². The molecule has 1 radical (unpaired) electrons. The molecule has 1 aromatic rings. The summed E-state index contributed by atoms with van der Waals surface area (Å²) in [5.74, 6) is 1.71. The summed E-state index contributed by atoms with van der Waals surface area (Å²) in [6.45, 7) is 0. The number of hydrogen-bond donors (Lipinski definition) is 1. The zero-order chi connectivity index (χ0) is 8.23. The maximum Gasteiger partial charge on any atom is 0.148 e. The topological polar surface area (TPSA) is 54.5 Å².